The van der Waals surface area contributed by atoms with E-state index >= 15 is 0 Å². The number of aliphatic hydroxyl groups excluding tert-OH is 4. The lowest BCUT2D eigenvalue weighted by Crippen LogP contribution is -2.62. The topological polar surface area (TPSA) is 227 Å². The van der Waals surface area contributed by atoms with E-state index in [-0.39, 0.29) is 134 Å². The summed E-state index contributed by atoms with van der Waals surface area (Å²) in [6, 6.07) is 0. The van der Waals surface area contributed by atoms with E-state index < -0.39 is 85.3 Å². The van der Waals surface area contributed by atoms with Crippen LogP contribution in [0.2, 0.25) is 0 Å². The lowest BCUT2D eigenvalue weighted by molar-refractivity contribution is -0.293. The molecule has 0 saturated carbocycles. The number of aliphatic hydroxyl groups is 4. The zero-order chi connectivity index (χ0) is 54.4. The van der Waals surface area contributed by atoms with Gasteiger partial charge in [0.05, 0.1) is 135 Å². The Hall–Kier alpha value is -1.73. The van der Waals surface area contributed by atoms with E-state index in [0.717, 1.165) is 49.7 Å². The van der Waals surface area contributed by atoms with Crippen molar-refractivity contribution in [1.82, 2.24) is 0 Å². The lowest BCUT2D eigenvalue weighted by atomic mass is 9.79. The molecule has 12 bridgehead atoms. The van der Waals surface area contributed by atoms with Crippen molar-refractivity contribution in [3.05, 3.63) is 24.3 Å². The maximum atomic E-state index is 14.5. The number of esters is 1. The summed E-state index contributed by atoms with van der Waals surface area (Å²) in [4.78, 5) is 14.5. The number of ether oxygens (including phenoxy) is 14. The van der Waals surface area contributed by atoms with Crippen LogP contribution in [0.5, 0.6) is 0 Å². The average Bonchev–Trinajstić information content (AvgIpc) is 3.50. The minimum absolute atomic E-state index is 0.00935. The second kappa shape index (κ2) is 21.3. The van der Waals surface area contributed by atoms with Crippen LogP contribution in [0, 0.1) is 23.7 Å². The summed E-state index contributed by atoms with van der Waals surface area (Å²) < 4.78 is 95.5. The van der Waals surface area contributed by atoms with Crippen molar-refractivity contribution >= 4 is 5.97 Å². The Balaban J connectivity index is 0.665. The van der Waals surface area contributed by atoms with Gasteiger partial charge in [0.1, 0.15) is 36.6 Å². The van der Waals surface area contributed by atoms with Crippen molar-refractivity contribution in [3.63, 3.8) is 0 Å². The second-order valence-corrected chi connectivity index (χ2v) is 27.2. The zero-order valence-electron chi connectivity index (χ0n) is 46.6. The van der Waals surface area contributed by atoms with Gasteiger partial charge in [-0.05, 0) is 86.7 Å². The van der Waals surface area contributed by atoms with E-state index in [9.17, 15) is 25.2 Å². The van der Waals surface area contributed by atoms with Crippen LogP contribution in [-0.2, 0) is 71.1 Å². The largest absolute Gasteiger partial charge is 0.459 e. The molecule has 0 aliphatic carbocycles. The van der Waals surface area contributed by atoms with Gasteiger partial charge in [-0.2, -0.15) is 0 Å². The van der Waals surface area contributed by atoms with E-state index in [0.29, 0.717) is 64.2 Å². The van der Waals surface area contributed by atoms with Crippen LogP contribution in [-0.4, -0.2) is 203 Å². The quantitative estimate of drug-likeness (QED) is 0.202. The number of carbonyl (C=O) groups is 1. The first-order valence-electron chi connectivity index (χ1n) is 30.8. The monoisotopic (exact) mass is 1110 g/mol. The molecule has 15 rings (SSSR count). The third-order valence-corrected chi connectivity index (χ3v) is 21.6. The van der Waals surface area contributed by atoms with Gasteiger partial charge in [0.2, 0.25) is 0 Å². The van der Waals surface area contributed by atoms with Crippen molar-refractivity contribution in [2.24, 2.45) is 23.7 Å². The number of hydrogen-bond acceptors (Lipinski definition) is 19. The van der Waals surface area contributed by atoms with E-state index in [1.165, 1.54) is 0 Å². The van der Waals surface area contributed by atoms with Gasteiger partial charge >= 0.3 is 5.97 Å². The van der Waals surface area contributed by atoms with E-state index in [2.05, 4.69) is 40.9 Å². The van der Waals surface area contributed by atoms with Gasteiger partial charge in [0.15, 0.2) is 11.6 Å². The zero-order valence-corrected chi connectivity index (χ0v) is 46.6. The van der Waals surface area contributed by atoms with Crippen LogP contribution >= 0.6 is 0 Å². The Morgan fingerprint density at radius 1 is 0.595 bits per heavy atom. The van der Waals surface area contributed by atoms with Gasteiger partial charge in [-0.1, -0.05) is 40.9 Å². The van der Waals surface area contributed by atoms with Gasteiger partial charge in [0, 0.05) is 57.3 Å². The summed E-state index contributed by atoms with van der Waals surface area (Å²) in [6.45, 7) is 17.2. The summed E-state index contributed by atoms with van der Waals surface area (Å²) in [5, 5.41) is 41.8. The average molecular weight is 1110 g/mol. The molecule has 0 radical (unpaired) electrons. The molecule has 15 saturated heterocycles. The van der Waals surface area contributed by atoms with Crippen LogP contribution in [0.1, 0.15) is 143 Å². The highest BCUT2D eigenvalue weighted by Crippen LogP contribution is 2.56. The molecular formula is C60H88O19. The number of hydrogen-bond donors (Lipinski definition) is 4. The predicted molar refractivity (Wildman–Crippen MR) is 276 cm³/mol. The van der Waals surface area contributed by atoms with Gasteiger partial charge < -0.3 is 86.7 Å². The molecule has 0 aromatic rings. The van der Waals surface area contributed by atoms with Crippen molar-refractivity contribution in [2.75, 3.05) is 6.61 Å². The number of carbonyl (C=O) groups excluding carboxylic acids is 1. The first-order chi connectivity index (χ1) is 38.0. The molecule has 15 heterocycles. The van der Waals surface area contributed by atoms with Crippen LogP contribution < -0.4 is 0 Å². The van der Waals surface area contributed by atoms with Crippen molar-refractivity contribution in [1.29, 1.82) is 0 Å². The Morgan fingerprint density at radius 3 is 2.18 bits per heavy atom. The minimum Gasteiger partial charge on any atom is -0.459 e. The molecule has 32 atom stereocenters. The van der Waals surface area contributed by atoms with Gasteiger partial charge in [-0.15, -0.1) is 0 Å². The molecule has 0 aromatic heterocycles. The summed E-state index contributed by atoms with van der Waals surface area (Å²) in [5.41, 5.74) is 2.13. The highest BCUT2D eigenvalue weighted by Gasteiger charge is 2.69. The van der Waals surface area contributed by atoms with Crippen molar-refractivity contribution in [2.45, 2.75) is 314 Å². The Morgan fingerprint density at radius 2 is 1.33 bits per heavy atom. The maximum absolute atomic E-state index is 14.5. The molecule has 19 nitrogen and oxygen atoms in total. The van der Waals surface area contributed by atoms with E-state index in [1.807, 2.05) is 0 Å². The summed E-state index contributed by atoms with van der Waals surface area (Å²) >= 11 is 0. The first kappa shape index (κ1) is 55.2. The number of rotatable bonds is 7. The summed E-state index contributed by atoms with van der Waals surface area (Å²) in [7, 11) is 0. The Kier molecular flexibility index (Phi) is 14.9. The fourth-order valence-corrected chi connectivity index (χ4v) is 17.6. The standard InChI is InChI=1S/C60H88O19/c1-26-13-33-7-9-39-27(2)14-35(66-39)11-12-59-24-48-55(78-59)56-57(74-48)58(79-59)54-40(71-56)10-8-34(69-54)18-49(65)75-53-31(6)52-46(70-45(53)19-41(67-33)30(26)5)21-43-47(73-52)23-60(76-43)22-38(64)50(77-60)28(3)15-36-16-29(4)51-44(68-36)20-42(72-51)37(63)17-32(62)25-61/h26,28-29,31-48,50-58,61-64H,2,5,7-25H2,1,3-4,6H3/t26-,28+,29+,31+,32-,33+,34-,35+,36?,37+,38+,39+,40+,41?,42+,43-,44?,45+,46+,47-,48-,50+,51+,52+,53-,54+,55-,56?,57?,58+,59+,60+/m1/s1. The van der Waals surface area contributed by atoms with Gasteiger partial charge in [0.25, 0.3) is 0 Å². The summed E-state index contributed by atoms with van der Waals surface area (Å²) in [6.07, 6.45) is 0.970. The molecule has 15 aliphatic rings. The molecule has 15 fully saturated rings. The molecule has 0 amide bonds. The van der Waals surface area contributed by atoms with Crippen LogP contribution in [0.15, 0.2) is 24.3 Å². The van der Waals surface area contributed by atoms with Gasteiger partial charge in [-0.25, -0.2) is 0 Å². The highest BCUT2D eigenvalue weighted by atomic mass is 16.8. The van der Waals surface area contributed by atoms with Crippen LogP contribution in [0.3, 0.4) is 0 Å². The smallest absolute Gasteiger partial charge is 0.308 e. The molecule has 2 spiro atoms. The Labute approximate surface area is 464 Å². The lowest BCUT2D eigenvalue weighted by Gasteiger charge is -2.50. The molecular weight excluding hydrogens is 1020 g/mol. The van der Waals surface area contributed by atoms with Crippen molar-refractivity contribution in [3.8, 4) is 0 Å². The fourth-order valence-electron chi connectivity index (χ4n) is 17.6. The molecule has 19 heteroatoms. The maximum Gasteiger partial charge on any atom is 0.308 e. The summed E-state index contributed by atoms with van der Waals surface area (Å²) in [5.74, 6) is -2.17. The molecule has 79 heavy (non-hydrogen) atoms. The SMILES string of the molecule is C=C1C2C[C@@H]3O[C@H]4C[C@H]5O[C@]6(C[C@H](O)[C@H]([C@@H](C)CC7C[C@H](C)[C@@H]8O[C@H]([C@@H](O)C[C@@H](O)CO)CC8O7)O6)C[C@H]5O[C@H]4[C@H](C)[C@H]3OC(=O)C[C@H]3CC[C@@H]4OC5C6O[C@@H]7C[C@](CC[C@H]8CC(=C)[C@H](CC[C@@H](C[C@H]1C)O2)O8)(O[C@H]6[C@H]4O3)O[C@@H]57. The molecule has 15 aliphatic heterocycles. The van der Waals surface area contributed by atoms with Gasteiger partial charge in [-0.3, -0.25) is 4.79 Å². The second-order valence-electron chi connectivity index (χ2n) is 27.2. The van der Waals surface area contributed by atoms with Crippen LogP contribution in [0.4, 0.5) is 0 Å². The van der Waals surface area contributed by atoms with E-state index in [1.54, 1.807) is 0 Å². The fraction of sp³-hybridized carbons (Fsp3) is 0.917. The molecule has 4 N–H and O–H groups in total. The molecule has 442 valence electrons. The first-order valence-corrected chi connectivity index (χ1v) is 30.8. The minimum atomic E-state index is -1.04. The number of fused-ring (bicyclic) bond motifs is 9. The normalized spacial score (nSPS) is 55.0. The molecule has 0 aromatic carbocycles. The third kappa shape index (κ3) is 10.2. The third-order valence-electron chi connectivity index (χ3n) is 21.6. The highest BCUT2D eigenvalue weighted by molar-refractivity contribution is 5.70. The van der Waals surface area contributed by atoms with Crippen molar-refractivity contribution < 1.29 is 91.5 Å². The predicted octanol–water partition coefficient (Wildman–Crippen LogP) is 4.56. The molecule has 5 unspecified atom stereocenters. The van der Waals surface area contributed by atoms with E-state index in [4.69, 9.17) is 66.3 Å². The van der Waals surface area contributed by atoms with Crippen LogP contribution in [0.25, 0.3) is 0 Å². The Bertz CT molecular complexity index is 2270.